The van der Waals surface area contributed by atoms with Gasteiger partial charge in [0.2, 0.25) is 6.10 Å². The molecule has 1 aromatic carbocycles. The summed E-state index contributed by atoms with van der Waals surface area (Å²) in [7, 11) is 0. The standard InChI is InChI=1S/C19H18N4O3/c20-11-14-5-6-18(21-12-14)22-7-9-23(10-8-22)19(24)17-13-25-15-3-1-2-4-16(15)26-17/h1-6,12,17H,7-10,13H2. The van der Waals surface area contributed by atoms with E-state index in [2.05, 4.69) is 16.0 Å². The summed E-state index contributed by atoms with van der Waals surface area (Å²) >= 11 is 0. The van der Waals surface area contributed by atoms with Crippen molar-refractivity contribution in [2.45, 2.75) is 6.10 Å². The highest BCUT2D eigenvalue weighted by Gasteiger charge is 2.32. The second-order valence-corrected chi connectivity index (χ2v) is 6.19. The molecule has 1 amide bonds. The Labute approximate surface area is 151 Å². The fourth-order valence-electron chi connectivity index (χ4n) is 3.14. The number of fused-ring (bicyclic) bond motifs is 1. The van der Waals surface area contributed by atoms with Gasteiger partial charge in [-0.25, -0.2) is 4.98 Å². The predicted molar refractivity (Wildman–Crippen MR) is 94.1 cm³/mol. The van der Waals surface area contributed by atoms with E-state index in [0.29, 0.717) is 43.2 Å². The molecule has 0 radical (unpaired) electrons. The minimum atomic E-state index is -0.607. The fourth-order valence-corrected chi connectivity index (χ4v) is 3.14. The highest BCUT2D eigenvalue weighted by Crippen LogP contribution is 2.31. The van der Waals surface area contributed by atoms with Gasteiger partial charge in [0, 0.05) is 32.4 Å². The fraction of sp³-hybridized carbons (Fsp3) is 0.316. The first-order valence-corrected chi connectivity index (χ1v) is 8.53. The first-order valence-electron chi connectivity index (χ1n) is 8.53. The number of piperazine rings is 1. The molecule has 26 heavy (non-hydrogen) atoms. The largest absolute Gasteiger partial charge is 0.485 e. The molecule has 1 fully saturated rings. The van der Waals surface area contributed by atoms with Crippen LogP contribution in [0, 0.1) is 11.3 Å². The lowest BCUT2D eigenvalue weighted by Crippen LogP contribution is -2.54. The van der Waals surface area contributed by atoms with Crippen molar-refractivity contribution in [1.29, 1.82) is 5.26 Å². The van der Waals surface area contributed by atoms with Crippen molar-refractivity contribution < 1.29 is 14.3 Å². The number of anilines is 1. The van der Waals surface area contributed by atoms with Gasteiger partial charge in [-0.2, -0.15) is 5.26 Å². The van der Waals surface area contributed by atoms with Gasteiger partial charge < -0.3 is 19.3 Å². The molecule has 0 spiro atoms. The quantitative estimate of drug-likeness (QED) is 0.816. The van der Waals surface area contributed by atoms with E-state index in [1.54, 1.807) is 12.3 Å². The summed E-state index contributed by atoms with van der Waals surface area (Å²) in [4.78, 5) is 21.0. The molecule has 132 valence electrons. The Kier molecular flexibility index (Phi) is 4.32. The van der Waals surface area contributed by atoms with Crippen molar-refractivity contribution in [3.05, 3.63) is 48.2 Å². The molecule has 1 unspecified atom stereocenters. The topological polar surface area (TPSA) is 78.7 Å². The second-order valence-electron chi connectivity index (χ2n) is 6.19. The summed E-state index contributed by atoms with van der Waals surface area (Å²) in [6.07, 6.45) is 0.960. The number of amides is 1. The van der Waals surface area contributed by atoms with Gasteiger partial charge >= 0.3 is 0 Å². The third kappa shape index (κ3) is 3.14. The Morgan fingerprint density at radius 3 is 2.58 bits per heavy atom. The third-order valence-electron chi connectivity index (χ3n) is 4.58. The molecule has 1 atom stereocenters. The van der Waals surface area contributed by atoms with Crippen molar-refractivity contribution in [3.63, 3.8) is 0 Å². The zero-order valence-corrected chi connectivity index (χ0v) is 14.2. The summed E-state index contributed by atoms with van der Waals surface area (Å²) in [6.45, 7) is 2.81. The van der Waals surface area contributed by atoms with Crippen molar-refractivity contribution in [1.82, 2.24) is 9.88 Å². The Bertz CT molecular complexity index is 839. The van der Waals surface area contributed by atoms with Gasteiger partial charge in [0.1, 0.15) is 18.5 Å². The van der Waals surface area contributed by atoms with Crippen molar-refractivity contribution in [2.75, 3.05) is 37.7 Å². The van der Waals surface area contributed by atoms with Crippen LogP contribution in [0.3, 0.4) is 0 Å². The Balaban J connectivity index is 1.36. The summed E-state index contributed by atoms with van der Waals surface area (Å²) in [6, 6.07) is 13.0. The molecule has 7 heteroatoms. The number of hydrogen-bond donors (Lipinski definition) is 0. The molecule has 0 bridgehead atoms. The van der Waals surface area contributed by atoms with Crippen molar-refractivity contribution in [2.24, 2.45) is 0 Å². The number of aromatic nitrogens is 1. The maximum atomic E-state index is 12.7. The van der Waals surface area contributed by atoms with E-state index in [1.165, 1.54) is 0 Å². The average molecular weight is 350 g/mol. The number of pyridine rings is 1. The number of para-hydroxylation sites is 2. The highest BCUT2D eigenvalue weighted by atomic mass is 16.6. The van der Waals surface area contributed by atoms with Crippen LogP contribution in [-0.4, -0.2) is 54.7 Å². The summed E-state index contributed by atoms with van der Waals surface area (Å²) < 4.78 is 11.5. The molecule has 2 aliphatic heterocycles. The van der Waals surface area contributed by atoms with Gasteiger partial charge in [-0.05, 0) is 24.3 Å². The maximum absolute atomic E-state index is 12.7. The first kappa shape index (κ1) is 16.2. The molecule has 0 aliphatic carbocycles. The molecular formula is C19H18N4O3. The predicted octanol–water partition coefficient (Wildman–Crippen LogP) is 1.44. The van der Waals surface area contributed by atoms with E-state index < -0.39 is 6.10 Å². The van der Waals surface area contributed by atoms with E-state index in [1.807, 2.05) is 35.2 Å². The zero-order valence-electron chi connectivity index (χ0n) is 14.2. The first-order chi connectivity index (χ1) is 12.7. The summed E-state index contributed by atoms with van der Waals surface area (Å²) in [5.41, 5.74) is 0.539. The number of nitriles is 1. The molecule has 2 aromatic rings. The number of benzene rings is 1. The number of hydrogen-bond acceptors (Lipinski definition) is 6. The van der Waals surface area contributed by atoms with E-state index in [9.17, 15) is 4.79 Å². The average Bonchev–Trinajstić information content (AvgIpc) is 2.73. The van der Waals surface area contributed by atoms with Crippen LogP contribution in [0.1, 0.15) is 5.56 Å². The highest BCUT2D eigenvalue weighted by molar-refractivity contribution is 5.82. The van der Waals surface area contributed by atoms with Gasteiger partial charge in [0.15, 0.2) is 11.5 Å². The lowest BCUT2D eigenvalue weighted by molar-refractivity contribution is -0.141. The van der Waals surface area contributed by atoms with Crippen LogP contribution >= 0.6 is 0 Å². The van der Waals surface area contributed by atoms with Gasteiger partial charge in [0.25, 0.3) is 5.91 Å². The molecule has 1 aromatic heterocycles. The monoisotopic (exact) mass is 350 g/mol. The molecule has 1 saturated heterocycles. The minimum Gasteiger partial charge on any atom is -0.485 e. The van der Waals surface area contributed by atoms with E-state index in [-0.39, 0.29) is 12.5 Å². The summed E-state index contributed by atoms with van der Waals surface area (Å²) in [5, 5.41) is 8.85. The van der Waals surface area contributed by atoms with Crippen LogP contribution in [0.15, 0.2) is 42.6 Å². The van der Waals surface area contributed by atoms with Gasteiger partial charge in [-0.15, -0.1) is 0 Å². The van der Waals surface area contributed by atoms with Crippen LogP contribution in [0.25, 0.3) is 0 Å². The van der Waals surface area contributed by atoms with Crippen molar-refractivity contribution >= 4 is 11.7 Å². The van der Waals surface area contributed by atoms with Crippen LogP contribution in [0.2, 0.25) is 0 Å². The van der Waals surface area contributed by atoms with Crippen LogP contribution < -0.4 is 14.4 Å². The minimum absolute atomic E-state index is 0.0491. The summed E-state index contributed by atoms with van der Waals surface area (Å²) in [5.74, 6) is 2.06. The molecule has 7 nitrogen and oxygen atoms in total. The second kappa shape index (κ2) is 6.92. The number of rotatable bonds is 2. The molecule has 3 heterocycles. The molecule has 2 aliphatic rings. The van der Waals surface area contributed by atoms with Gasteiger partial charge in [-0.3, -0.25) is 4.79 Å². The smallest absolute Gasteiger partial charge is 0.267 e. The Hall–Kier alpha value is -3.27. The maximum Gasteiger partial charge on any atom is 0.267 e. The van der Waals surface area contributed by atoms with Crippen LogP contribution in [0.5, 0.6) is 11.5 Å². The van der Waals surface area contributed by atoms with Gasteiger partial charge in [-0.1, -0.05) is 12.1 Å². The molecule has 0 saturated carbocycles. The number of ether oxygens (including phenoxy) is 2. The van der Waals surface area contributed by atoms with Crippen LogP contribution in [-0.2, 0) is 4.79 Å². The lowest BCUT2D eigenvalue weighted by Gasteiger charge is -2.37. The van der Waals surface area contributed by atoms with E-state index in [4.69, 9.17) is 14.7 Å². The molecule has 4 rings (SSSR count). The zero-order chi connectivity index (χ0) is 17.9. The molecular weight excluding hydrogens is 332 g/mol. The van der Waals surface area contributed by atoms with Gasteiger partial charge in [0.05, 0.1) is 5.56 Å². The number of nitrogens with zero attached hydrogens (tertiary/aromatic N) is 4. The number of carbonyl (C=O) groups is 1. The van der Waals surface area contributed by atoms with E-state index >= 15 is 0 Å². The lowest BCUT2D eigenvalue weighted by atomic mass is 10.2. The van der Waals surface area contributed by atoms with E-state index in [0.717, 1.165) is 5.82 Å². The number of carbonyl (C=O) groups excluding carboxylic acids is 1. The normalized spacial score (nSPS) is 19.0. The van der Waals surface area contributed by atoms with Crippen molar-refractivity contribution in [3.8, 4) is 17.6 Å². The SMILES string of the molecule is N#Cc1ccc(N2CCN(C(=O)C3COc4ccccc4O3)CC2)nc1. The third-order valence-corrected chi connectivity index (χ3v) is 4.58. The Morgan fingerprint density at radius 2 is 1.88 bits per heavy atom. The Morgan fingerprint density at radius 1 is 1.12 bits per heavy atom. The molecule has 0 N–H and O–H groups in total. The van der Waals surface area contributed by atoms with Crippen LogP contribution in [0.4, 0.5) is 5.82 Å².